The second-order valence-electron chi connectivity index (χ2n) is 6.06. The zero-order valence-electron chi connectivity index (χ0n) is 12.6. The minimum absolute atomic E-state index is 0.0614. The first-order chi connectivity index (χ1) is 11.0. The molecule has 120 valence electrons. The standard InChI is InChI=1S/C15H15FN4O2S/c1-19(2)7-5-20(6-7)11-4-10-8(3-9(11)16)13(21)12-14(22)18-23-15(12)17-10/h3-4,7H,5-6H2,1-2H3,(H,17,21)(H,18,22). The van der Waals surface area contributed by atoms with Gasteiger partial charge in [0, 0.05) is 24.5 Å². The minimum Gasteiger partial charge on any atom is -0.366 e. The fraction of sp³-hybridized carbons (Fsp3) is 0.333. The Balaban J connectivity index is 1.86. The molecular formula is C15H15FN4O2S. The molecule has 2 N–H and O–H groups in total. The molecule has 1 saturated heterocycles. The lowest BCUT2D eigenvalue weighted by Gasteiger charge is -2.44. The number of pyridine rings is 1. The first-order valence-electron chi connectivity index (χ1n) is 7.24. The molecular weight excluding hydrogens is 319 g/mol. The van der Waals surface area contributed by atoms with Crippen LogP contribution in [-0.2, 0) is 0 Å². The number of hydrogen-bond donors (Lipinski definition) is 2. The molecule has 6 nitrogen and oxygen atoms in total. The summed E-state index contributed by atoms with van der Waals surface area (Å²) in [6.07, 6.45) is 0. The molecule has 0 unspecified atom stereocenters. The summed E-state index contributed by atoms with van der Waals surface area (Å²) in [4.78, 5) is 31.7. The predicted molar refractivity (Wildman–Crippen MR) is 90.2 cm³/mol. The number of nitrogens with one attached hydrogen (secondary N) is 2. The summed E-state index contributed by atoms with van der Waals surface area (Å²) in [5.41, 5.74) is 0.154. The van der Waals surface area contributed by atoms with Crippen LogP contribution in [0.25, 0.3) is 21.1 Å². The third kappa shape index (κ3) is 2.09. The van der Waals surface area contributed by atoms with E-state index in [1.807, 2.05) is 19.0 Å². The van der Waals surface area contributed by atoms with Gasteiger partial charge in [-0.05, 0) is 37.8 Å². The Labute approximate surface area is 134 Å². The zero-order chi connectivity index (χ0) is 16.3. The normalized spacial score (nSPS) is 15.7. The lowest BCUT2D eigenvalue weighted by atomic mass is 10.1. The number of aromatic nitrogens is 2. The molecule has 2 aromatic heterocycles. The Morgan fingerprint density at radius 2 is 2.04 bits per heavy atom. The maximum atomic E-state index is 14.4. The van der Waals surface area contributed by atoms with Crippen LogP contribution in [-0.4, -0.2) is 47.5 Å². The molecule has 0 radical (unpaired) electrons. The Kier molecular flexibility index (Phi) is 3.07. The van der Waals surface area contributed by atoms with Gasteiger partial charge in [-0.3, -0.25) is 14.0 Å². The Hall–Kier alpha value is -2.19. The highest BCUT2D eigenvalue weighted by molar-refractivity contribution is 7.12. The zero-order valence-corrected chi connectivity index (χ0v) is 13.5. The number of rotatable bonds is 2. The second kappa shape index (κ2) is 4.90. The van der Waals surface area contributed by atoms with Crippen LogP contribution in [0.15, 0.2) is 21.7 Å². The molecule has 23 heavy (non-hydrogen) atoms. The summed E-state index contributed by atoms with van der Waals surface area (Å²) in [6, 6.07) is 3.28. The van der Waals surface area contributed by atoms with E-state index in [0.29, 0.717) is 22.1 Å². The molecule has 3 aromatic rings. The molecule has 1 aliphatic heterocycles. The molecule has 3 heterocycles. The van der Waals surface area contributed by atoms with Gasteiger partial charge in [0.15, 0.2) is 0 Å². The van der Waals surface area contributed by atoms with E-state index in [-0.39, 0.29) is 10.8 Å². The van der Waals surface area contributed by atoms with Crippen LogP contribution in [0.3, 0.4) is 0 Å². The predicted octanol–water partition coefficient (Wildman–Crippen LogP) is 1.32. The summed E-state index contributed by atoms with van der Waals surface area (Å²) in [6.45, 7) is 1.50. The topological polar surface area (TPSA) is 72.2 Å². The van der Waals surface area contributed by atoms with Crippen LogP contribution < -0.4 is 15.9 Å². The molecule has 0 aliphatic carbocycles. The minimum atomic E-state index is -0.439. The number of hydrogen-bond acceptors (Lipinski definition) is 5. The molecule has 0 spiro atoms. The third-order valence-corrected chi connectivity index (χ3v) is 5.24. The van der Waals surface area contributed by atoms with E-state index in [2.05, 4.69) is 14.3 Å². The summed E-state index contributed by atoms with van der Waals surface area (Å²) >= 11 is 1.08. The van der Waals surface area contributed by atoms with Gasteiger partial charge in [-0.1, -0.05) is 0 Å². The van der Waals surface area contributed by atoms with Gasteiger partial charge in [-0.25, -0.2) is 4.39 Å². The molecule has 4 rings (SSSR count). The van der Waals surface area contributed by atoms with Gasteiger partial charge in [-0.15, -0.1) is 0 Å². The highest BCUT2D eigenvalue weighted by atomic mass is 32.1. The maximum absolute atomic E-state index is 14.4. The average Bonchev–Trinajstić information content (AvgIpc) is 2.80. The van der Waals surface area contributed by atoms with E-state index in [1.54, 1.807) is 6.07 Å². The fourth-order valence-electron chi connectivity index (χ4n) is 2.93. The van der Waals surface area contributed by atoms with E-state index in [9.17, 15) is 14.0 Å². The second-order valence-corrected chi connectivity index (χ2v) is 6.88. The highest BCUT2D eigenvalue weighted by Gasteiger charge is 2.30. The average molecular weight is 334 g/mol. The van der Waals surface area contributed by atoms with Gasteiger partial charge in [-0.2, -0.15) is 0 Å². The van der Waals surface area contributed by atoms with Crippen LogP contribution in [0, 0.1) is 5.82 Å². The number of benzene rings is 1. The van der Waals surface area contributed by atoms with Gasteiger partial charge in [0.1, 0.15) is 16.0 Å². The first-order valence-corrected chi connectivity index (χ1v) is 8.05. The van der Waals surface area contributed by atoms with Crippen LogP contribution in [0.2, 0.25) is 0 Å². The van der Waals surface area contributed by atoms with Gasteiger partial charge < -0.3 is 14.8 Å². The molecule has 8 heteroatoms. The monoisotopic (exact) mass is 334 g/mol. The van der Waals surface area contributed by atoms with Crippen molar-refractivity contribution in [2.45, 2.75) is 6.04 Å². The summed E-state index contributed by atoms with van der Waals surface area (Å²) in [7, 11) is 4.00. The van der Waals surface area contributed by atoms with Crippen molar-refractivity contribution in [1.82, 2.24) is 14.3 Å². The molecule has 0 amide bonds. The van der Waals surface area contributed by atoms with Crippen molar-refractivity contribution in [3.8, 4) is 0 Å². The van der Waals surface area contributed by atoms with Crippen molar-refractivity contribution in [2.75, 3.05) is 32.1 Å². The van der Waals surface area contributed by atoms with Crippen molar-refractivity contribution in [3.05, 3.63) is 38.5 Å². The molecule has 0 bridgehead atoms. The van der Waals surface area contributed by atoms with Gasteiger partial charge in [0.25, 0.3) is 5.56 Å². The van der Waals surface area contributed by atoms with Crippen LogP contribution in [0.1, 0.15) is 0 Å². The van der Waals surface area contributed by atoms with Gasteiger partial charge in [0.2, 0.25) is 5.43 Å². The molecule has 1 fully saturated rings. The third-order valence-electron chi connectivity index (χ3n) is 4.44. The summed E-state index contributed by atoms with van der Waals surface area (Å²) in [5.74, 6) is -0.439. The Morgan fingerprint density at radius 3 is 2.74 bits per heavy atom. The lowest BCUT2D eigenvalue weighted by molar-refractivity contribution is 0.246. The molecule has 0 saturated carbocycles. The quantitative estimate of drug-likeness (QED) is 0.741. The summed E-state index contributed by atoms with van der Waals surface area (Å²) < 4.78 is 17.0. The maximum Gasteiger partial charge on any atom is 0.271 e. The van der Waals surface area contributed by atoms with Crippen LogP contribution in [0.4, 0.5) is 10.1 Å². The SMILES string of the molecule is CN(C)C1CN(c2cc3[nH]c4s[nH]c(=O)c4c(=O)c3cc2F)C1. The largest absolute Gasteiger partial charge is 0.366 e. The number of nitrogens with zero attached hydrogens (tertiary/aromatic N) is 2. The van der Waals surface area contributed by atoms with Crippen molar-refractivity contribution in [3.63, 3.8) is 0 Å². The van der Waals surface area contributed by atoms with E-state index in [0.717, 1.165) is 24.6 Å². The van der Waals surface area contributed by atoms with Gasteiger partial charge >= 0.3 is 0 Å². The van der Waals surface area contributed by atoms with E-state index in [4.69, 9.17) is 0 Å². The van der Waals surface area contributed by atoms with Crippen molar-refractivity contribution in [1.29, 1.82) is 0 Å². The lowest BCUT2D eigenvalue weighted by Crippen LogP contribution is -2.57. The van der Waals surface area contributed by atoms with E-state index in [1.165, 1.54) is 6.07 Å². The number of anilines is 1. The Morgan fingerprint density at radius 1 is 1.30 bits per heavy atom. The van der Waals surface area contributed by atoms with Crippen molar-refractivity contribution < 1.29 is 4.39 Å². The Bertz CT molecular complexity index is 1030. The fourth-order valence-corrected chi connectivity index (χ4v) is 3.67. The number of fused-ring (bicyclic) bond motifs is 2. The van der Waals surface area contributed by atoms with Gasteiger partial charge in [0.05, 0.1) is 11.2 Å². The van der Waals surface area contributed by atoms with Crippen LogP contribution in [0.5, 0.6) is 0 Å². The van der Waals surface area contributed by atoms with E-state index < -0.39 is 16.8 Å². The smallest absolute Gasteiger partial charge is 0.271 e. The number of halogens is 1. The first kappa shape index (κ1) is 14.4. The number of likely N-dealkylation sites (N-methyl/N-ethyl adjacent to an activating group) is 1. The van der Waals surface area contributed by atoms with Crippen molar-refractivity contribution in [2.24, 2.45) is 0 Å². The summed E-state index contributed by atoms with van der Waals surface area (Å²) in [5, 5.41) is 0.263. The number of aromatic amines is 2. The number of H-pyrrole nitrogens is 2. The van der Waals surface area contributed by atoms with E-state index >= 15 is 0 Å². The molecule has 1 aliphatic rings. The van der Waals surface area contributed by atoms with Crippen molar-refractivity contribution >= 4 is 38.3 Å². The molecule has 1 aromatic carbocycles. The van der Waals surface area contributed by atoms with Crippen LogP contribution >= 0.6 is 11.5 Å². The highest BCUT2D eigenvalue weighted by Crippen LogP contribution is 2.29. The molecule has 0 atom stereocenters.